The van der Waals surface area contributed by atoms with Crippen LogP contribution >= 0.6 is 0 Å². The number of methoxy groups -OCH3 is 1. The molecular weight excluding hydrogens is 384 g/mol. The summed E-state index contributed by atoms with van der Waals surface area (Å²) < 4.78 is 7.82. The van der Waals surface area contributed by atoms with Crippen molar-refractivity contribution in [1.82, 2.24) is 9.47 Å². The molecular formula is C27H42N2O2. The fraction of sp³-hybridized carbons (Fsp3) is 0.667. The number of amides is 1. The molecule has 0 spiro atoms. The Morgan fingerprint density at radius 2 is 1.77 bits per heavy atom. The standard InChI is InChI=1S/C27H42N2O2/c1-19(2)11-14-28(15-12-20(3)4)26(30)18-29-24-16-21(31-7)8-9-22(24)23-10-13-27(5,6)17-25(23)29/h8-9,16,19-20H,10-15,17-18H2,1-7H3. The number of nitrogens with zero attached hydrogens (tertiary/aromatic N) is 2. The number of hydrogen-bond acceptors (Lipinski definition) is 2. The second-order valence-corrected chi connectivity index (χ2v) is 11.0. The van der Waals surface area contributed by atoms with Crippen molar-refractivity contribution in [3.63, 3.8) is 0 Å². The summed E-state index contributed by atoms with van der Waals surface area (Å²) in [6, 6.07) is 6.34. The zero-order chi connectivity index (χ0) is 22.8. The van der Waals surface area contributed by atoms with Gasteiger partial charge in [0.15, 0.2) is 0 Å². The lowest BCUT2D eigenvalue weighted by Crippen LogP contribution is -2.37. The molecule has 1 aliphatic carbocycles. The molecule has 3 rings (SSSR count). The molecule has 2 aromatic rings. The molecule has 0 atom stereocenters. The molecule has 0 radical (unpaired) electrons. The molecule has 0 saturated heterocycles. The SMILES string of the molecule is COc1ccc2c3c(n(CC(=O)N(CCC(C)C)CCC(C)C)c2c1)CC(C)(C)CC3. The Bertz CT molecular complexity index is 896. The van der Waals surface area contributed by atoms with Gasteiger partial charge in [-0.05, 0) is 67.1 Å². The number of aryl methyl sites for hydroxylation is 1. The van der Waals surface area contributed by atoms with Gasteiger partial charge in [0.05, 0.1) is 12.6 Å². The Morgan fingerprint density at radius 3 is 2.35 bits per heavy atom. The molecule has 0 bridgehead atoms. The predicted octanol–water partition coefficient (Wildman–Crippen LogP) is 6.09. The van der Waals surface area contributed by atoms with Crippen molar-refractivity contribution >= 4 is 16.8 Å². The third-order valence-corrected chi connectivity index (χ3v) is 6.79. The number of benzene rings is 1. The number of aromatic nitrogens is 1. The molecule has 1 aliphatic rings. The average Bonchev–Trinajstić information content (AvgIpc) is 2.98. The largest absolute Gasteiger partial charge is 0.497 e. The van der Waals surface area contributed by atoms with E-state index in [4.69, 9.17) is 4.74 Å². The average molecular weight is 427 g/mol. The van der Waals surface area contributed by atoms with Gasteiger partial charge in [-0.3, -0.25) is 4.79 Å². The number of carbonyl (C=O) groups excluding carboxylic acids is 1. The molecule has 0 N–H and O–H groups in total. The minimum atomic E-state index is 0.243. The number of hydrogen-bond donors (Lipinski definition) is 0. The van der Waals surface area contributed by atoms with E-state index in [2.05, 4.69) is 63.1 Å². The molecule has 1 aromatic heterocycles. The fourth-order valence-corrected chi connectivity index (χ4v) is 4.67. The van der Waals surface area contributed by atoms with E-state index in [-0.39, 0.29) is 11.3 Å². The van der Waals surface area contributed by atoms with E-state index in [0.29, 0.717) is 18.4 Å². The van der Waals surface area contributed by atoms with Crippen LogP contribution in [0.4, 0.5) is 0 Å². The number of fused-ring (bicyclic) bond motifs is 3. The first-order chi connectivity index (χ1) is 14.6. The van der Waals surface area contributed by atoms with Gasteiger partial charge in [-0.25, -0.2) is 0 Å². The third-order valence-electron chi connectivity index (χ3n) is 6.79. The quantitative estimate of drug-likeness (QED) is 0.486. The van der Waals surface area contributed by atoms with E-state index >= 15 is 0 Å². The lowest BCUT2D eigenvalue weighted by atomic mass is 9.76. The molecule has 1 heterocycles. The van der Waals surface area contributed by atoms with Crippen LogP contribution in [0.1, 0.15) is 72.1 Å². The Balaban J connectivity index is 1.96. The van der Waals surface area contributed by atoms with E-state index in [1.807, 2.05) is 6.07 Å². The normalized spacial score (nSPS) is 15.5. The minimum absolute atomic E-state index is 0.243. The first-order valence-corrected chi connectivity index (χ1v) is 12.1. The van der Waals surface area contributed by atoms with Gasteiger partial charge in [-0.15, -0.1) is 0 Å². The fourth-order valence-electron chi connectivity index (χ4n) is 4.67. The summed E-state index contributed by atoms with van der Waals surface area (Å²) in [7, 11) is 1.71. The zero-order valence-electron chi connectivity index (χ0n) is 20.8. The summed E-state index contributed by atoms with van der Waals surface area (Å²) in [5.74, 6) is 2.29. The second-order valence-electron chi connectivity index (χ2n) is 11.0. The Kier molecular flexibility index (Phi) is 7.39. The molecule has 0 aliphatic heterocycles. The molecule has 31 heavy (non-hydrogen) atoms. The van der Waals surface area contributed by atoms with Crippen molar-refractivity contribution in [1.29, 1.82) is 0 Å². The van der Waals surface area contributed by atoms with E-state index in [9.17, 15) is 4.79 Å². The Hall–Kier alpha value is -1.97. The van der Waals surface area contributed by atoms with Crippen molar-refractivity contribution in [2.75, 3.05) is 20.2 Å². The van der Waals surface area contributed by atoms with Crippen molar-refractivity contribution < 1.29 is 9.53 Å². The van der Waals surface area contributed by atoms with Gasteiger partial charge in [-0.2, -0.15) is 0 Å². The highest BCUT2D eigenvalue weighted by atomic mass is 16.5. The summed E-state index contributed by atoms with van der Waals surface area (Å²) in [5.41, 5.74) is 4.19. The highest BCUT2D eigenvalue weighted by molar-refractivity contribution is 5.89. The molecule has 1 aromatic carbocycles. The van der Waals surface area contributed by atoms with Crippen LogP contribution in [0.3, 0.4) is 0 Å². The summed E-state index contributed by atoms with van der Waals surface area (Å²) in [5, 5.41) is 1.29. The maximum absolute atomic E-state index is 13.6. The summed E-state index contributed by atoms with van der Waals surface area (Å²) >= 11 is 0. The van der Waals surface area contributed by atoms with Crippen LogP contribution in [0.2, 0.25) is 0 Å². The highest BCUT2D eigenvalue weighted by Crippen LogP contribution is 2.40. The van der Waals surface area contributed by atoms with Gasteiger partial charge in [0.2, 0.25) is 5.91 Å². The van der Waals surface area contributed by atoms with Crippen LogP contribution in [-0.4, -0.2) is 35.6 Å². The van der Waals surface area contributed by atoms with Gasteiger partial charge >= 0.3 is 0 Å². The molecule has 1 amide bonds. The van der Waals surface area contributed by atoms with Crippen LogP contribution < -0.4 is 4.74 Å². The van der Waals surface area contributed by atoms with E-state index in [1.165, 1.54) is 23.1 Å². The predicted molar refractivity (Wildman–Crippen MR) is 130 cm³/mol. The zero-order valence-corrected chi connectivity index (χ0v) is 20.8. The van der Waals surface area contributed by atoms with Crippen LogP contribution in [0.5, 0.6) is 5.75 Å². The maximum atomic E-state index is 13.6. The first kappa shape index (κ1) is 23.7. The number of rotatable bonds is 9. The first-order valence-electron chi connectivity index (χ1n) is 12.1. The lowest BCUT2D eigenvalue weighted by Gasteiger charge is -2.31. The molecule has 4 nitrogen and oxygen atoms in total. The molecule has 172 valence electrons. The van der Waals surface area contributed by atoms with Gasteiger partial charge in [0.1, 0.15) is 12.3 Å². The highest BCUT2D eigenvalue weighted by Gasteiger charge is 2.31. The van der Waals surface area contributed by atoms with Gasteiger partial charge in [0.25, 0.3) is 0 Å². The van der Waals surface area contributed by atoms with E-state index in [1.54, 1.807) is 7.11 Å². The van der Waals surface area contributed by atoms with Crippen LogP contribution in [0, 0.1) is 17.3 Å². The number of carbonyl (C=O) groups is 1. The topological polar surface area (TPSA) is 34.5 Å². The maximum Gasteiger partial charge on any atom is 0.242 e. The third kappa shape index (κ3) is 5.64. The summed E-state index contributed by atoms with van der Waals surface area (Å²) in [6.45, 7) is 15.7. The number of ether oxygens (including phenoxy) is 1. The van der Waals surface area contributed by atoms with Crippen LogP contribution in [0.25, 0.3) is 10.9 Å². The molecule has 4 heteroatoms. The lowest BCUT2D eigenvalue weighted by molar-refractivity contribution is -0.132. The smallest absolute Gasteiger partial charge is 0.242 e. The Labute approximate surface area is 188 Å². The van der Waals surface area contributed by atoms with Crippen molar-refractivity contribution in [3.8, 4) is 5.75 Å². The van der Waals surface area contributed by atoms with Crippen LogP contribution in [0.15, 0.2) is 18.2 Å². The molecule has 0 saturated carbocycles. The van der Waals surface area contributed by atoms with E-state index < -0.39 is 0 Å². The molecule has 0 unspecified atom stereocenters. The van der Waals surface area contributed by atoms with Crippen molar-refractivity contribution in [3.05, 3.63) is 29.5 Å². The van der Waals surface area contributed by atoms with Gasteiger partial charge in [0, 0.05) is 30.2 Å². The summed E-state index contributed by atoms with van der Waals surface area (Å²) in [4.78, 5) is 15.7. The van der Waals surface area contributed by atoms with E-state index in [0.717, 1.165) is 50.0 Å². The molecule has 0 fully saturated rings. The van der Waals surface area contributed by atoms with Crippen molar-refractivity contribution in [2.45, 2.75) is 80.2 Å². The van der Waals surface area contributed by atoms with Gasteiger partial charge < -0.3 is 14.2 Å². The second kappa shape index (κ2) is 9.67. The monoisotopic (exact) mass is 426 g/mol. The summed E-state index contributed by atoms with van der Waals surface area (Å²) in [6.07, 6.45) is 5.39. The van der Waals surface area contributed by atoms with Gasteiger partial charge in [-0.1, -0.05) is 41.5 Å². The minimum Gasteiger partial charge on any atom is -0.497 e. The van der Waals surface area contributed by atoms with Crippen molar-refractivity contribution in [2.24, 2.45) is 17.3 Å². The van der Waals surface area contributed by atoms with Crippen LogP contribution in [-0.2, 0) is 24.2 Å². The Morgan fingerprint density at radius 1 is 1.13 bits per heavy atom.